The van der Waals surface area contributed by atoms with Crippen LogP contribution in [0.5, 0.6) is 0 Å². The number of nitro groups is 1. The highest BCUT2D eigenvalue weighted by Gasteiger charge is 2.16. The van der Waals surface area contributed by atoms with Crippen LogP contribution in [0.4, 0.5) is 10.5 Å². The maximum absolute atomic E-state index is 11.4. The number of pyridine rings is 1. The first-order chi connectivity index (χ1) is 10.2. The molecule has 1 N–H and O–H groups in total. The topological polar surface area (TPSA) is 108 Å². The molecule has 0 aliphatic carbocycles. The average molecular weight is 307 g/mol. The van der Waals surface area contributed by atoms with E-state index >= 15 is 0 Å². The van der Waals surface area contributed by atoms with Crippen molar-refractivity contribution >= 4 is 11.8 Å². The first-order valence-electron chi connectivity index (χ1n) is 6.52. The Morgan fingerprint density at radius 2 is 2.18 bits per heavy atom. The molecule has 0 aliphatic rings. The van der Waals surface area contributed by atoms with Gasteiger partial charge in [-0.15, -0.1) is 0 Å². The van der Waals surface area contributed by atoms with Gasteiger partial charge in [-0.05, 0) is 20.8 Å². The molecule has 0 aromatic carbocycles. The first-order valence-corrected chi connectivity index (χ1v) is 6.52. The van der Waals surface area contributed by atoms with Crippen LogP contribution in [-0.4, -0.2) is 23.2 Å². The first kappa shape index (κ1) is 17.2. The van der Waals surface area contributed by atoms with Crippen molar-refractivity contribution in [2.24, 2.45) is 0 Å². The zero-order valence-corrected chi connectivity index (χ0v) is 12.6. The molecule has 0 radical (unpaired) electrons. The highest BCUT2D eigenvalue weighted by atomic mass is 16.6. The summed E-state index contributed by atoms with van der Waals surface area (Å²) in [5.41, 5.74) is -0.790. The minimum atomic E-state index is -0.608. The number of hydrogen-bond acceptors (Lipinski definition) is 5. The summed E-state index contributed by atoms with van der Waals surface area (Å²) < 4.78 is 5.48. The number of carbonyl (C=O) groups excluding carboxylic acids is 1. The van der Waals surface area contributed by atoms with E-state index in [4.69, 9.17) is 4.74 Å². The van der Waals surface area contributed by atoms with Gasteiger partial charge >= 0.3 is 6.09 Å². The quantitative estimate of drug-likeness (QED) is 0.227. The Bertz CT molecular complexity index is 626. The number of amides is 1. The number of hydrogen-bond donors (Lipinski definition) is 1. The maximum atomic E-state index is 11.4. The fourth-order valence-electron chi connectivity index (χ4n) is 1.42. The second kappa shape index (κ2) is 7.26. The molecular formula is C14H17N3O5. The second-order valence-corrected chi connectivity index (χ2v) is 5.34. The monoisotopic (exact) mass is 307 g/mol. The molecule has 1 heterocycles. The van der Waals surface area contributed by atoms with Gasteiger partial charge in [-0.2, -0.15) is 4.73 Å². The number of rotatable bonds is 3. The Morgan fingerprint density at radius 3 is 2.77 bits per heavy atom. The molecule has 22 heavy (non-hydrogen) atoms. The minimum Gasteiger partial charge on any atom is -0.619 e. The van der Waals surface area contributed by atoms with Crippen LogP contribution in [0.15, 0.2) is 18.5 Å². The zero-order chi connectivity index (χ0) is 16.8. The Balaban J connectivity index is 2.57. The highest BCUT2D eigenvalue weighted by Crippen LogP contribution is 2.13. The molecule has 0 bridgehead atoms. The van der Waals surface area contributed by atoms with Crippen LogP contribution in [0, 0.1) is 27.2 Å². The van der Waals surface area contributed by atoms with Crippen LogP contribution in [0.3, 0.4) is 0 Å². The highest BCUT2D eigenvalue weighted by molar-refractivity contribution is 5.67. The molecule has 0 saturated heterocycles. The summed E-state index contributed by atoms with van der Waals surface area (Å²) in [6.45, 7) is 5.48. The van der Waals surface area contributed by atoms with Crippen molar-refractivity contribution in [3.05, 3.63) is 39.3 Å². The van der Waals surface area contributed by atoms with Crippen molar-refractivity contribution in [2.75, 3.05) is 6.54 Å². The lowest BCUT2D eigenvalue weighted by Gasteiger charge is -2.19. The van der Waals surface area contributed by atoms with Crippen LogP contribution >= 0.6 is 0 Å². The molecule has 0 unspecified atom stereocenters. The maximum Gasteiger partial charge on any atom is 0.407 e. The standard InChI is InChI=1S/C14H17N3O5/c1-14(2,3)22-13(18)15-8-5-4-6-11-10-16(19)9-7-12(11)17(20)21/h7,9-10H,5,8H2,1-3H3,(H,15,18). The number of carbonyl (C=O) groups is 1. The van der Waals surface area contributed by atoms with Gasteiger partial charge in [0.15, 0.2) is 11.8 Å². The van der Waals surface area contributed by atoms with Gasteiger partial charge in [-0.1, -0.05) is 11.8 Å². The van der Waals surface area contributed by atoms with E-state index in [-0.39, 0.29) is 24.2 Å². The van der Waals surface area contributed by atoms with Crippen LogP contribution in [0.2, 0.25) is 0 Å². The second-order valence-electron chi connectivity index (χ2n) is 5.34. The third-order valence-corrected chi connectivity index (χ3v) is 2.25. The van der Waals surface area contributed by atoms with Crippen LogP contribution in [0.1, 0.15) is 32.8 Å². The molecule has 1 rings (SSSR count). The summed E-state index contributed by atoms with van der Waals surface area (Å²) in [4.78, 5) is 21.6. The molecule has 1 aromatic rings. The number of nitrogens with one attached hydrogen (secondary N) is 1. The van der Waals surface area contributed by atoms with Crippen molar-refractivity contribution in [2.45, 2.75) is 32.8 Å². The number of aromatic nitrogens is 1. The Kier molecular flexibility index (Phi) is 5.69. The van der Waals surface area contributed by atoms with Gasteiger partial charge in [-0.25, -0.2) is 4.79 Å². The molecule has 0 spiro atoms. The van der Waals surface area contributed by atoms with E-state index in [1.807, 2.05) is 0 Å². The number of alkyl carbamates (subject to hydrolysis) is 1. The van der Waals surface area contributed by atoms with Gasteiger partial charge in [0.1, 0.15) is 5.60 Å². The lowest BCUT2D eigenvalue weighted by molar-refractivity contribution is -0.606. The van der Waals surface area contributed by atoms with Gasteiger partial charge in [-0.3, -0.25) is 10.1 Å². The average Bonchev–Trinajstić information content (AvgIpc) is 2.35. The number of nitrogens with zero attached hydrogens (tertiary/aromatic N) is 2. The summed E-state index contributed by atoms with van der Waals surface area (Å²) in [6.07, 6.45) is 1.78. The van der Waals surface area contributed by atoms with Gasteiger partial charge in [0, 0.05) is 13.0 Å². The smallest absolute Gasteiger partial charge is 0.407 e. The van der Waals surface area contributed by atoms with Crippen molar-refractivity contribution in [3.8, 4) is 11.8 Å². The predicted molar refractivity (Wildman–Crippen MR) is 77.8 cm³/mol. The lowest BCUT2D eigenvalue weighted by Crippen LogP contribution is -2.32. The summed E-state index contributed by atoms with van der Waals surface area (Å²) in [5, 5.41) is 24.4. The molecule has 1 amide bonds. The SMILES string of the molecule is CC(C)(C)OC(=O)NCCC#Cc1c[n+]([O-])ccc1[N+](=O)[O-]. The van der Waals surface area contributed by atoms with Gasteiger partial charge < -0.3 is 15.3 Å². The van der Waals surface area contributed by atoms with Crippen LogP contribution in [-0.2, 0) is 4.74 Å². The van der Waals surface area contributed by atoms with E-state index in [1.165, 1.54) is 0 Å². The molecule has 118 valence electrons. The normalized spacial score (nSPS) is 10.3. The van der Waals surface area contributed by atoms with Crippen LogP contribution < -0.4 is 10.0 Å². The molecule has 0 fully saturated rings. The molecular weight excluding hydrogens is 290 g/mol. The van der Waals surface area contributed by atoms with Crippen molar-refractivity contribution < 1.29 is 19.2 Å². The predicted octanol–water partition coefficient (Wildman–Crippen LogP) is 1.49. The Morgan fingerprint density at radius 1 is 1.50 bits per heavy atom. The molecule has 0 aliphatic heterocycles. The van der Waals surface area contributed by atoms with Gasteiger partial charge in [0.2, 0.25) is 6.20 Å². The fourth-order valence-corrected chi connectivity index (χ4v) is 1.42. The third-order valence-electron chi connectivity index (χ3n) is 2.25. The Labute approximate surface area is 127 Å². The van der Waals surface area contributed by atoms with Crippen molar-refractivity contribution in [1.29, 1.82) is 0 Å². The summed E-state index contributed by atoms with van der Waals surface area (Å²) in [7, 11) is 0. The minimum absolute atomic E-state index is 0.0276. The zero-order valence-electron chi connectivity index (χ0n) is 12.6. The van der Waals surface area contributed by atoms with Gasteiger partial charge in [0.05, 0.1) is 11.0 Å². The molecule has 0 saturated carbocycles. The summed E-state index contributed by atoms with van der Waals surface area (Å²) in [5.74, 6) is 5.22. The van der Waals surface area contributed by atoms with E-state index in [2.05, 4.69) is 17.2 Å². The fraction of sp³-hybridized carbons (Fsp3) is 0.429. The number of ether oxygens (including phenoxy) is 1. The van der Waals surface area contributed by atoms with E-state index in [0.29, 0.717) is 4.73 Å². The van der Waals surface area contributed by atoms with Crippen LogP contribution in [0.25, 0.3) is 0 Å². The van der Waals surface area contributed by atoms with Crippen molar-refractivity contribution in [1.82, 2.24) is 5.32 Å². The molecule has 8 heteroatoms. The lowest BCUT2D eigenvalue weighted by atomic mass is 10.2. The molecule has 8 nitrogen and oxygen atoms in total. The van der Waals surface area contributed by atoms with E-state index < -0.39 is 16.6 Å². The third kappa shape index (κ3) is 6.09. The summed E-state index contributed by atoms with van der Waals surface area (Å²) in [6, 6.07) is 1.09. The Hall–Kier alpha value is -2.82. The van der Waals surface area contributed by atoms with E-state index in [9.17, 15) is 20.1 Å². The van der Waals surface area contributed by atoms with Crippen molar-refractivity contribution in [3.63, 3.8) is 0 Å². The summed E-state index contributed by atoms with van der Waals surface area (Å²) >= 11 is 0. The van der Waals surface area contributed by atoms with Gasteiger partial charge in [0.25, 0.3) is 5.69 Å². The molecule has 0 atom stereocenters. The van der Waals surface area contributed by atoms with E-state index in [0.717, 1.165) is 18.5 Å². The largest absolute Gasteiger partial charge is 0.619 e. The van der Waals surface area contributed by atoms with E-state index in [1.54, 1.807) is 20.8 Å². The molecule has 1 aromatic heterocycles.